The molecule has 0 aliphatic carbocycles. The fraction of sp³-hybridized carbons (Fsp3) is 0.452. The summed E-state index contributed by atoms with van der Waals surface area (Å²) in [6, 6.07) is 15.1. The lowest BCUT2D eigenvalue weighted by Crippen LogP contribution is -2.42. The van der Waals surface area contributed by atoms with E-state index in [1.807, 2.05) is 12.1 Å². The third kappa shape index (κ3) is 5.12. The van der Waals surface area contributed by atoms with Crippen LogP contribution in [0.15, 0.2) is 48.5 Å². The third-order valence-electron chi connectivity index (χ3n) is 8.20. The second kappa shape index (κ2) is 10.6. The van der Waals surface area contributed by atoms with E-state index in [2.05, 4.69) is 55.3 Å². The van der Waals surface area contributed by atoms with E-state index in [1.54, 1.807) is 0 Å². The Morgan fingerprint density at radius 3 is 2.33 bits per heavy atom. The van der Waals surface area contributed by atoms with Crippen LogP contribution in [0.3, 0.4) is 0 Å². The molecule has 3 heterocycles. The average molecular weight is 488 g/mol. The number of halogens is 1. The molecule has 0 radical (unpaired) electrons. The van der Waals surface area contributed by atoms with Gasteiger partial charge in [0.2, 0.25) is 0 Å². The predicted octanol–water partition coefficient (Wildman–Crippen LogP) is 6.27. The molecular weight excluding hydrogens is 449 g/mol. The summed E-state index contributed by atoms with van der Waals surface area (Å²) in [5.41, 5.74) is 9.01. The summed E-state index contributed by atoms with van der Waals surface area (Å²) in [7, 11) is 0. The SMILES string of the molecule is CCc1c(C)nc(C)c(-c2ccc(OCCc3ccc(F)cc3)cc2)c1N1CCC2(CCNC2)CC1. The van der Waals surface area contributed by atoms with Gasteiger partial charge in [0.1, 0.15) is 11.6 Å². The fourth-order valence-corrected chi connectivity index (χ4v) is 6.07. The molecule has 1 N–H and O–H groups in total. The molecule has 0 atom stereocenters. The lowest BCUT2D eigenvalue weighted by Gasteiger charge is -2.41. The molecule has 2 fully saturated rings. The largest absolute Gasteiger partial charge is 0.493 e. The van der Waals surface area contributed by atoms with E-state index in [1.165, 1.54) is 60.3 Å². The Morgan fingerprint density at radius 1 is 0.972 bits per heavy atom. The van der Waals surface area contributed by atoms with Gasteiger partial charge in [0, 0.05) is 43.0 Å². The van der Waals surface area contributed by atoms with Crippen molar-refractivity contribution in [3.8, 4) is 16.9 Å². The lowest BCUT2D eigenvalue weighted by atomic mass is 9.77. The van der Waals surface area contributed by atoms with Crippen molar-refractivity contribution in [1.29, 1.82) is 0 Å². The van der Waals surface area contributed by atoms with Crippen molar-refractivity contribution in [2.24, 2.45) is 5.41 Å². The van der Waals surface area contributed by atoms with Gasteiger partial charge in [-0.25, -0.2) is 4.39 Å². The Hall–Kier alpha value is -2.92. The lowest BCUT2D eigenvalue weighted by molar-refractivity contribution is 0.247. The number of hydrogen-bond acceptors (Lipinski definition) is 4. The Kier molecular flexibility index (Phi) is 7.29. The van der Waals surface area contributed by atoms with Crippen LogP contribution in [0.2, 0.25) is 0 Å². The van der Waals surface area contributed by atoms with Crippen LogP contribution in [0, 0.1) is 25.1 Å². The summed E-state index contributed by atoms with van der Waals surface area (Å²) in [6.45, 7) is 11.7. The number of ether oxygens (including phenoxy) is 1. The Balaban J connectivity index is 1.36. The predicted molar refractivity (Wildman–Crippen MR) is 145 cm³/mol. The first-order valence-electron chi connectivity index (χ1n) is 13.4. The second-order valence-electron chi connectivity index (χ2n) is 10.5. The maximum atomic E-state index is 13.1. The molecule has 2 aliphatic heterocycles. The molecule has 190 valence electrons. The van der Waals surface area contributed by atoms with E-state index < -0.39 is 0 Å². The van der Waals surface area contributed by atoms with E-state index in [-0.39, 0.29) is 5.82 Å². The molecule has 0 bridgehead atoms. The van der Waals surface area contributed by atoms with Crippen LogP contribution in [0.25, 0.3) is 11.1 Å². The summed E-state index contributed by atoms with van der Waals surface area (Å²) in [5, 5.41) is 3.59. The number of benzene rings is 2. The number of aromatic nitrogens is 1. The first-order chi connectivity index (χ1) is 17.5. The zero-order chi connectivity index (χ0) is 25.1. The van der Waals surface area contributed by atoms with Gasteiger partial charge in [-0.1, -0.05) is 31.2 Å². The average Bonchev–Trinajstić information content (AvgIpc) is 3.34. The monoisotopic (exact) mass is 487 g/mol. The van der Waals surface area contributed by atoms with Crippen LogP contribution < -0.4 is 15.0 Å². The summed E-state index contributed by atoms with van der Waals surface area (Å²) in [4.78, 5) is 7.60. The Labute approximate surface area is 214 Å². The molecule has 2 saturated heterocycles. The molecule has 5 rings (SSSR count). The van der Waals surface area contributed by atoms with Crippen molar-refractivity contribution in [2.45, 2.75) is 52.9 Å². The number of pyridine rings is 1. The summed E-state index contributed by atoms with van der Waals surface area (Å²) in [5.74, 6) is 0.644. The standard InChI is InChI=1S/C31H38FN3O/c1-4-28-22(2)34-23(3)29(30(28)35-18-15-31(16-19-35)14-17-33-21-31)25-7-11-27(12-8-25)36-20-13-24-5-9-26(32)10-6-24/h5-12,33H,4,13-21H2,1-3H3. The number of nitrogens with one attached hydrogen (secondary N) is 1. The van der Waals surface area contributed by atoms with Crippen LogP contribution >= 0.6 is 0 Å². The van der Waals surface area contributed by atoms with Gasteiger partial charge >= 0.3 is 0 Å². The third-order valence-corrected chi connectivity index (χ3v) is 8.20. The molecular formula is C31H38FN3O. The highest BCUT2D eigenvalue weighted by atomic mass is 19.1. The number of aryl methyl sites for hydroxylation is 2. The molecule has 3 aromatic rings. The van der Waals surface area contributed by atoms with Crippen LogP contribution in [0.5, 0.6) is 5.75 Å². The molecule has 1 aromatic heterocycles. The smallest absolute Gasteiger partial charge is 0.123 e. The van der Waals surface area contributed by atoms with E-state index in [4.69, 9.17) is 9.72 Å². The van der Waals surface area contributed by atoms with Crippen molar-refractivity contribution in [3.63, 3.8) is 0 Å². The minimum atomic E-state index is -0.207. The van der Waals surface area contributed by atoms with Gasteiger partial charge in [-0.2, -0.15) is 0 Å². The molecule has 2 aromatic carbocycles. The first kappa shape index (κ1) is 24.8. The number of hydrogen-bond donors (Lipinski definition) is 1. The molecule has 2 aliphatic rings. The Morgan fingerprint density at radius 2 is 1.69 bits per heavy atom. The maximum Gasteiger partial charge on any atom is 0.123 e. The topological polar surface area (TPSA) is 37.4 Å². The summed E-state index contributed by atoms with van der Waals surface area (Å²) in [6.07, 6.45) is 5.55. The minimum Gasteiger partial charge on any atom is -0.493 e. The maximum absolute atomic E-state index is 13.1. The highest BCUT2D eigenvalue weighted by molar-refractivity contribution is 5.83. The van der Waals surface area contributed by atoms with Crippen LogP contribution in [-0.2, 0) is 12.8 Å². The van der Waals surface area contributed by atoms with Gasteiger partial charge in [-0.15, -0.1) is 0 Å². The Bertz CT molecular complexity index is 1170. The fourth-order valence-electron chi connectivity index (χ4n) is 6.07. The molecule has 5 heteroatoms. The number of piperidine rings is 1. The molecule has 0 saturated carbocycles. The highest BCUT2D eigenvalue weighted by Crippen LogP contribution is 2.43. The summed E-state index contributed by atoms with van der Waals surface area (Å²) >= 11 is 0. The number of rotatable bonds is 7. The molecule has 0 unspecified atom stereocenters. The summed E-state index contributed by atoms with van der Waals surface area (Å²) < 4.78 is 19.1. The van der Waals surface area contributed by atoms with Gasteiger partial charge in [-0.3, -0.25) is 4.98 Å². The van der Waals surface area contributed by atoms with Crippen LogP contribution in [0.4, 0.5) is 10.1 Å². The van der Waals surface area contributed by atoms with Crippen molar-refractivity contribution in [2.75, 3.05) is 37.7 Å². The van der Waals surface area contributed by atoms with E-state index >= 15 is 0 Å². The number of nitrogens with zero attached hydrogens (tertiary/aromatic N) is 2. The first-order valence-corrected chi connectivity index (χ1v) is 13.4. The van der Waals surface area contributed by atoms with Crippen molar-refractivity contribution in [3.05, 3.63) is 76.9 Å². The molecule has 0 amide bonds. The second-order valence-corrected chi connectivity index (χ2v) is 10.5. The number of anilines is 1. The highest BCUT2D eigenvalue weighted by Gasteiger charge is 2.38. The molecule has 4 nitrogen and oxygen atoms in total. The van der Waals surface area contributed by atoms with Crippen LogP contribution in [-0.4, -0.2) is 37.8 Å². The molecule has 1 spiro atoms. The van der Waals surface area contributed by atoms with Crippen LogP contribution in [0.1, 0.15) is 48.7 Å². The normalized spacial score (nSPS) is 17.1. The van der Waals surface area contributed by atoms with E-state index in [0.717, 1.165) is 55.2 Å². The van der Waals surface area contributed by atoms with Gasteiger partial charge in [0.25, 0.3) is 0 Å². The van der Waals surface area contributed by atoms with E-state index in [0.29, 0.717) is 12.0 Å². The van der Waals surface area contributed by atoms with Crippen molar-refractivity contribution >= 4 is 5.69 Å². The van der Waals surface area contributed by atoms with Gasteiger partial charge in [0.05, 0.1) is 12.3 Å². The molecule has 36 heavy (non-hydrogen) atoms. The zero-order valence-electron chi connectivity index (χ0n) is 21.9. The minimum absolute atomic E-state index is 0.207. The van der Waals surface area contributed by atoms with Crippen molar-refractivity contribution < 1.29 is 9.13 Å². The van der Waals surface area contributed by atoms with Gasteiger partial charge in [0.15, 0.2) is 0 Å². The van der Waals surface area contributed by atoms with Gasteiger partial charge in [-0.05, 0) is 92.4 Å². The quantitative estimate of drug-likeness (QED) is 0.426. The zero-order valence-corrected chi connectivity index (χ0v) is 21.9. The van der Waals surface area contributed by atoms with E-state index in [9.17, 15) is 4.39 Å². The van der Waals surface area contributed by atoms with Gasteiger partial charge < -0.3 is 15.0 Å². The van der Waals surface area contributed by atoms with Crippen molar-refractivity contribution in [1.82, 2.24) is 10.3 Å².